The normalized spacial score (nSPS) is 14.4. The van der Waals surface area contributed by atoms with E-state index in [1.807, 2.05) is 171 Å². The maximum Gasteiger partial charge on any atom is 0.240 e. The first-order valence-corrected chi connectivity index (χ1v) is 23.1. The van der Waals surface area contributed by atoms with E-state index < -0.39 is 54.4 Å². The molecule has 0 aliphatic carbocycles. The second-order valence-electron chi connectivity index (χ2n) is 17.5. The Balaban J connectivity index is 1.18. The smallest absolute Gasteiger partial charge is 0.240 e. The van der Waals surface area contributed by atoms with E-state index in [0.29, 0.717) is 44.3 Å². The van der Waals surface area contributed by atoms with Crippen molar-refractivity contribution in [2.24, 2.45) is 0 Å². The van der Waals surface area contributed by atoms with Crippen LogP contribution in [0.1, 0.15) is 15.1 Å². The lowest BCUT2D eigenvalue weighted by Crippen LogP contribution is -2.12. The molecule has 0 fully saturated rings. The van der Waals surface area contributed by atoms with Crippen molar-refractivity contribution in [2.75, 3.05) is 0 Å². The number of hydrogen-bond acceptors (Lipinski definition) is 4. The van der Waals surface area contributed by atoms with Crippen LogP contribution in [0.3, 0.4) is 0 Å². The summed E-state index contributed by atoms with van der Waals surface area (Å²) in [5.41, 5.74) is 5.02. The van der Waals surface area contributed by atoms with Gasteiger partial charge in [-0.2, -0.15) is 15.0 Å². The molecule has 0 aliphatic heterocycles. The molecule has 0 radical (unpaired) electrons. The van der Waals surface area contributed by atoms with E-state index in [2.05, 4.69) is 0 Å². The molecule has 16 rings (SSSR count). The highest BCUT2D eigenvalue weighted by molar-refractivity contribution is 6.25. The number of aromatic nitrogens is 7. The van der Waals surface area contributed by atoms with Crippen LogP contribution in [0.4, 0.5) is 0 Å². The number of hydrogen-bond donors (Lipinski definition) is 0. The minimum Gasteiger partial charge on any atom is -0.456 e. The Hall–Kier alpha value is -9.79. The monoisotopic (exact) mass is 918 g/mol. The molecule has 8 heteroatoms. The van der Waals surface area contributed by atoms with Crippen LogP contribution < -0.4 is 0 Å². The summed E-state index contributed by atoms with van der Waals surface area (Å²) in [6.45, 7) is 0. The molecule has 8 nitrogen and oxygen atoms in total. The lowest BCUT2D eigenvalue weighted by molar-refractivity contribution is 0.669. The van der Waals surface area contributed by atoms with E-state index >= 15 is 0 Å². The summed E-state index contributed by atoms with van der Waals surface area (Å²) in [6, 6.07) is 44.5. The molecule has 10 aromatic carbocycles. The summed E-state index contributed by atoms with van der Waals surface area (Å²) in [5.74, 6) is -0.483. The molecular formula is C63H37N7O. The first kappa shape index (κ1) is 29.2. The van der Waals surface area contributed by atoms with Crippen LogP contribution in [0.5, 0.6) is 0 Å². The van der Waals surface area contributed by atoms with Gasteiger partial charge < -0.3 is 13.6 Å². The summed E-state index contributed by atoms with van der Waals surface area (Å²) in [4.78, 5) is 16.1. The SMILES string of the molecule is [2H]c1c([2H])c(-n2c3ccccc3c3ccccc32)c(-c2nc(-n3c4ccccc4c4ccccc43)nc(-n3c4c([2H])c([2H])c([2H])c([2H])c4c4c([2H])c([2H])c([2H])c([2H])c43)n2)c(-n2c3ccccc3c3ccc4oc5ccccc5c4c32)c1[2H]. The highest BCUT2D eigenvalue weighted by Crippen LogP contribution is 2.45. The Morgan fingerprint density at radius 3 is 1.32 bits per heavy atom. The molecule has 0 atom stereocenters. The average Bonchev–Trinajstić information content (AvgIpc) is 4.47. The van der Waals surface area contributed by atoms with Crippen molar-refractivity contribution in [2.45, 2.75) is 0 Å². The van der Waals surface area contributed by atoms with Gasteiger partial charge in [-0.05, 0) is 72.7 Å². The summed E-state index contributed by atoms with van der Waals surface area (Å²) < 4.78 is 118. The third-order valence-corrected chi connectivity index (χ3v) is 13.9. The topological polar surface area (TPSA) is 71.5 Å². The molecule has 0 spiro atoms. The average molecular weight is 919 g/mol. The Morgan fingerprint density at radius 2 is 0.761 bits per heavy atom. The van der Waals surface area contributed by atoms with Crippen molar-refractivity contribution in [3.63, 3.8) is 0 Å². The molecule has 0 amide bonds. The van der Waals surface area contributed by atoms with Gasteiger partial charge in [0.15, 0.2) is 5.82 Å². The number of benzene rings is 10. The van der Waals surface area contributed by atoms with Gasteiger partial charge in [0.05, 0.1) is 81.5 Å². The molecule has 71 heavy (non-hydrogen) atoms. The van der Waals surface area contributed by atoms with Gasteiger partial charge in [-0.1, -0.05) is 151 Å². The Labute approximate surface area is 419 Å². The van der Waals surface area contributed by atoms with Gasteiger partial charge in [0.2, 0.25) is 11.9 Å². The molecule has 0 bridgehead atoms. The summed E-state index contributed by atoms with van der Waals surface area (Å²) >= 11 is 0. The first-order chi connectivity index (χ1) is 39.8. The predicted octanol–water partition coefficient (Wildman–Crippen LogP) is 15.8. The van der Waals surface area contributed by atoms with E-state index in [0.717, 1.165) is 43.1 Å². The van der Waals surface area contributed by atoms with Crippen molar-refractivity contribution < 1.29 is 19.5 Å². The number of furan rings is 1. The molecule has 0 unspecified atom stereocenters. The molecular weight excluding hydrogens is 871 g/mol. The van der Waals surface area contributed by atoms with Gasteiger partial charge >= 0.3 is 0 Å². The second-order valence-corrected chi connectivity index (χ2v) is 17.5. The number of para-hydroxylation sites is 8. The van der Waals surface area contributed by atoms with Crippen LogP contribution in [0.25, 0.3) is 144 Å². The maximum atomic E-state index is 10.4. The van der Waals surface area contributed by atoms with Crippen LogP contribution in [-0.2, 0) is 0 Å². The highest BCUT2D eigenvalue weighted by atomic mass is 16.3. The second kappa shape index (κ2) is 14.4. The fourth-order valence-electron chi connectivity index (χ4n) is 11.0. The molecule has 0 aliphatic rings. The van der Waals surface area contributed by atoms with Gasteiger partial charge in [0.1, 0.15) is 11.2 Å². The van der Waals surface area contributed by atoms with E-state index in [-0.39, 0.29) is 68.5 Å². The van der Waals surface area contributed by atoms with Gasteiger partial charge in [-0.15, -0.1) is 0 Å². The Kier molecular flexibility index (Phi) is 5.90. The van der Waals surface area contributed by atoms with Crippen molar-refractivity contribution in [1.82, 2.24) is 33.2 Å². The van der Waals surface area contributed by atoms with Crippen molar-refractivity contribution in [3.05, 3.63) is 224 Å². The van der Waals surface area contributed by atoms with Crippen molar-refractivity contribution >= 4 is 109 Å². The molecule has 0 saturated heterocycles. The van der Waals surface area contributed by atoms with Crippen LogP contribution in [0.2, 0.25) is 0 Å². The van der Waals surface area contributed by atoms with Gasteiger partial charge in [0.25, 0.3) is 0 Å². The van der Waals surface area contributed by atoms with Crippen LogP contribution in [0, 0.1) is 0 Å². The number of nitrogens with zero attached hydrogens (tertiary/aromatic N) is 7. The van der Waals surface area contributed by atoms with Crippen LogP contribution in [-0.4, -0.2) is 33.2 Å². The lowest BCUT2D eigenvalue weighted by Gasteiger charge is -2.20. The third kappa shape index (κ3) is 5.25. The zero-order valence-electron chi connectivity index (χ0n) is 48.0. The van der Waals surface area contributed by atoms with Gasteiger partial charge in [0, 0.05) is 48.5 Å². The largest absolute Gasteiger partial charge is 0.456 e. The summed E-state index contributed by atoms with van der Waals surface area (Å²) in [7, 11) is 0. The molecule has 0 saturated carbocycles. The minimum atomic E-state index is -0.627. The van der Waals surface area contributed by atoms with Crippen LogP contribution in [0.15, 0.2) is 229 Å². The molecule has 6 aromatic heterocycles. The minimum absolute atomic E-state index is 0.0216. The first-order valence-electron chi connectivity index (χ1n) is 28.6. The quantitative estimate of drug-likeness (QED) is 0.172. The zero-order valence-corrected chi connectivity index (χ0v) is 37.0. The highest BCUT2D eigenvalue weighted by Gasteiger charge is 2.28. The standard InChI is InChI=1S/C63H37N7O/c1-9-26-47-38(18-1)39-19-2-10-27-48(39)67(47)54-33-17-34-55(68-49-28-11-7-24-44(49)45-36-37-57-58(60(45)68)46-25-8-16-35-56(46)71-57)59(54)61-64-62(69-50-29-12-3-20-40(50)41-21-4-13-30-51(41)69)66-63(65-61)70-52-31-14-5-22-42(52)43-23-6-15-32-53(43)70/h1-37H/i3D,4D,12D,13D,17D,20D,21D,29D,30D,33D,34D. The van der Waals surface area contributed by atoms with Gasteiger partial charge in [-0.3, -0.25) is 9.13 Å². The molecule has 330 valence electrons. The fraction of sp³-hybridized carbons (Fsp3) is 0. The van der Waals surface area contributed by atoms with Gasteiger partial charge in [-0.25, -0.2) is 0 Å². The summed E-state index contributed by atoms with van der Waals surface area (Å²) in [6.07, 6.45) is 0. The third-order valence-electron chi connectivity index (χ3n) is 13.9. The summed E-state index contributed by atoms with van der Waals surface area (Å²) in [5, 5.41) is 6.14. The molecule has 0 N–H and O–H groups in total. The van der Waals surface area contributed by atoms with E-state index in [1.165, 1.54) is 4.57 Å². The van der Waals surface area contributed by atoms with Crippen molar-refractivity contribution in [3.8, 4) is 34.7 Å². The Morgan fingerprint density at radius 1 is 0.324 bits per heavy atom. The lowest BCUT2D eigenvalue weighted by atomic mass is 10.1. The van der Waals surface area contributed by atoms with E-state index in [9.17, 15) is 9.60 Å². The number of fused-ring (bicyclic) bond motifs is 16. The number of rotatable bonds is 5. The maximum absolute atomic E-state index is 10.4. The van der Waals surface area contributed by atoms with Crippen LogP contribution >= 0.6 is 0 Å². The fourth-order valence-corrected chi connectivity index (χ4v) is 11.0. The van der Waals surface area contributed by atoms with Crippen molar-refractivity contribution in [1.29, 1.82) is 0 Å². The molecule has 6 heterocycles. The Bertz CT molecular complexity index is 5400. The molecule has 16 aromatic rings. The predicted molar refractivity (Wildman–Crippen MR) is 290 cm³/mol. The van der Waals surface area contributed by atoms with E-state index in [1.54, 1.807) is 0 Å². The zero-order chi connectivity index (χ0) is 55.9. The van der Waals surface area contributed by atoms with E-state index in [4.69, 9.17) is 24.9 Å².